The number of rotatable bonds is 3. The van der Waals surface area contributed by atoms with Crippen molar-refractivity contribution in [3.05, 3.63) is 41.7 Å². The summed E-state index contributed by atoms with van der Waals surface area (Å²) < 4.78 is 39.0. The minimum atomic E-state index is -1.63. The van der Waals surface area contributed by atoms with Crippen molar-refractivity contribution >= 4 is 17.6 Å². The van der Waals surface area contributed by atoms with Crippen LogP contribution < -0.4 is 5.32 Å². The summed E-state index contributed by atoms with van der Waals surface area (Å²) in [5, 5.41) is 11.3. The van der Waals surface area contributed by atoms with E-state index in [1.54, 1.807) is 12.2 Å². The zero-order valence-corrected chi connectivity index (χ0v) is 10.8. The third kappa shape index (κ3) is 3.24. The van der Waals surface area contributed by atoms with Crippen molar-refractivity contribution in [1.82, 2.24) is 0 Å². The van der Waals surface area contributed by atoms with E-state index in [1.165, 1.54) is 0 Å². The number of hydrogen-bond donors (Lipinski definition) is 2. The molecule has 1 aromatic carbocycles. The van der Waals surface area contributed by atoms with Crippen LogP contribution in [0.15, 0.2) is 24.3 Å². The SMILES string of the molecule is O=C(O)[C@H]1CC=CC[C@H]1C(=O)Nc1cc(F)c(F)c(F)c1. The molecule has 0 heterocycles. The Morgan fingerprint density at radius 3 is 2.10 bits per heavy atom. The minimum absolute atomic E-state index is 0.208. The Morgan fingerprint density at radius 1 is 1.05 bits per heavy atom. The van der Waals surface area contributed by atoms with Crippen LogP contribution in [0.3, 0.4) is 0 Å². The number of carbonyl (C=O) groups is 2. The molecule has 4 nitrogen and oxygen atoms in total. The van der Waals surface area contributed by atoms with E-state index in [2.05, 4.69) is 5.32 Å². The maximum atomic E-state index is 13.1. The number of hydrogen-bond acceptors (Lipinski definition) is 2. The molecule has 0 saturated heterocycles. The summed E-state index contributed by atoms with van der Waals surface area (Å²) in [6.07, 6.45) is 3.77. The molecule has 1 aliphatic carbocycles. The van der Waals surface area contributed by atoms with Crippen LogP contribution in [-0.2, 0) is 9.59 Å². The number of carbonyl (C=O) groups excluding carboxylic acids is 1. The maximum Gasteiger partial charge on any atom is 0.307 e. The van der Waals surface area contributed by atoms with E-state index in [0.29, 0.717) is 12.1 Å². The third-order valence-electron chi connectivity index (χ3n) is 3.34. The van der Waals surface area contributed by atoms with Gasteiger partial charge in [0, 0.05) is 17.8 Å². The van der Waals surface area contributed by atoms with E-state index in [9.17, 15) is 22.8 Å². The summed E-state index contributed by atoms with van der Waals surface area (Å²) in [7, 11) is 0. The Hall–Kier alpha value is -2.31. The van der Waals surface area contributed by atoms with Gasteiger partial charge in [-0.15, -0.1) is 0 Å². The average molecular weight is 299 g/mol. The van der Waals surface area contributed by atoms with E-state index in [4.69, 9.17) is 5.11 Å². The van der Waals surface area contributed by atoms with Crippen LogP contribution in [0, 0.1) is 29.3 Å². The maximum absolute atomic E-state index is 13.1. The Morgan fingerprint density at radius 2 is 1.57 bits per heavy atom. The molecule has 21 heavy (non-hydrogen) atoms. The van der Waals surface area contributed by atoms with Gasteiger partial charge in [-0.05, 0) is 12.8 Å². The lowest BCUT2D eigenvalue weighted by Gasteiger charge is -2.24. The predicted molar refractivity (Wildman–Crippen MR) is 67.9 cm³/mol. The average Bonchev–Trinajstić information content (AvgIpc) is 2.44. The lowest BCUT2D eigenvalue weighted by Crippen LogP contribution is -2.34. The first kappa shape index (κ1) is 15.1. The fraction of sp³-hybridized carbons (Fsp3) is 0.286. The predicted octanol–water partition coefficient (Wildman–Crippen LogP) is 2.71. The summed E-state index contributed by atoms with van der Waals surface area (Å²) >= 11 is 0. The van der Waals surface area contributed by atoms with Crippen molar-refractivity contribution < 1.29 is 27.9 Å². The molecule has 0 aliphatic heterocycles. The van der Waals surface area contributed by atoms with E-state index in [-0.39, 0.29) is 18.5 Å². The molecular weight excluding hydrogens is 287 g/mol. The highest BCUT2D eigenvalue weighted by atomic mass is 19.2. The van der Waals surface area contributed by atoms with Gasteiger partial charge in [0.25, 0.3) is 0 Å². The van der Waals surface area contributed by atoms with Crippen LogP contribution in [-0.4, -0.2) is 17.0 Å². The second-order valence-electron chi connectivity index (χ2n) is 4.74. The molecule has 1 amide bonds. The summed E-state index contributed by atoms with van der Waals surface area (Å²) in [5.41, 5.74) is -0.255. The zero-order valence-electron chi connectivity index (χ0n) is 10.8. The summed E-state index contributed by atoms with van der Waals surface area (Å²) in [6, 6.07) is 1.29. The Kier molecular flexibility index (Phi) is 4.30. The van der Waals surface area contributed by atoms with Crippen molar-refractivity contribution in [2.75, 3.05) is 5.32 Å². The lowest BCUT2D eigenvalue weighted by atomic mass is 9.82. The molecule has 0 bridgehead atoms. The number of aliphatic carboxylic acids is 1. The van der Waals surface area contributed by atoms with E-state index in [1.807, 2.05) is 0 Å². The van der Waals surface area contributed by atoms with Gasteiger partial charge in [0.15, 0.2) is 17.5 Å². The highest BCUT2D eigenvalue weighted by Gasteiger charge is 2.34. The fourth-order valence-corrected chi connectivity index (χ4v) is 2.24. The standard InChI is InChI=1S/C14H12F3NO3/c15-10-5-7(6-11(16)12(10)17)18-13(19)8-3-1-2-4-9(8)14(20)21/h1-2,5-6,8-9H,3-4H2,(H,18,19)(H,20,21)/t8-,9+/m1/s1. The van der Waals surface area contributed by atoms with E-state index < -0.39 is 41.2 Å². The van der Waals surface area contributed by atoms with Crippen molar-refractivity contribution in [2.24, 2.45) is 11.8 Å². The first-order chi connectivity index (χ1) is 9.90. The Labute approximate surface area is 118 Å². The highest BCUT2D eigenvalue weighted by Crippen LogP contribution is 2.27. The molecular formula is C14H12F3NO3. The molecule has 112 valence electrons. The molecule has 7 heteroatoms. The molecule has 0 aromatic heterocycles. The van der Waals surface area contributed by atoms with Crippen LogP contribution in [0.5, 0.6) is 0 Å². The molecule has 0 fully saturated rings. The lowest BCUT2D eigenvalue weighted by molar-refractivity contribution is -0.146. The summed E-state index contributed by atoms with van der Waals surface area (Å²) in [5.74, 6) is -8.01. The molecule has 0 unspecified atom stereocenters. The third-order valence-corrected chi connectivity index (χ3v) is 3.34. The minimum Gasteiger partial charge on any atom is -0.481 e. The van der Waals surface area contributed by atoms with Crippen LogP contribution in [0.25, 0.3) is 0 Å². The Bertz CT molecular complexity index is 592. The number of anilines is 1. The van der Waals surface area contributed by atoms with Crippen LogP contribution in [0.4, 0.5) is 18.9 Å². The van der Waals surface area contributed by atoms with Gasteiger partial charge in [-0.1, -0.05) is 12.2 Å². The molecule has 0 radical (unpaired) electrons. The first-order valence-electron chi connectivity index (χ1n) is 6.23. The zero-order chi connectivity index (χ0) is 15.6. The second kappa shape index (κ2) is 5.99. The molecule has 2 rings (SSSR count). The Balaban J connectivity index is 2.17. The number of amides is 1. The van der Waals surface area contributed by atoms with Gasteiger partial charge in [-0.3, -0.25) is 9.59 Å². The summed E-state index contributed by atoms with van der Waals surface area (Å²) in [4.78, 5) is 23.1. The molecule has 1 aliphatic rings. The van der Waals surface area contributed by atoms with Crippen molar-refractivity contribution in [2.45, 2.75) is 12.8 Å². The normalized spacial score (nSPS) is 21.1. The molecule has 2 N–H and O–H groups in total. The quantitative estimate of drug-likeness (QED) is 0.666. The van der Waals surface area contributed by atoms with E-state index in [0.717, 1.165) is 0 Å². The number of halogens is 3. The monoisotopic (exact) mass is 299 g/mol. The highest BCUT2D eigenvalue weighted by molar-refractivity contribution is 5.95. The van der Waals surface area contributed by atoms with Gasteiger partial charge in [0.05, 0.1) is 11.8 Å². The smallest absolute Gasteiger partial charge is 0.307 e. The van der Waals surface area contributed by atoms with Gasteiger partial charge in [-0.25, -0.2) is 13.2 Å². The molecule has 0 spiro atoms. The van der Waals surface area contributed by atoms with Gasteiger partial charge in [0.2, 0.25) is 5.91 Å². The van der Waals surface area contributed by atoms with Crippen molar-refractivity contribution in [3.8, 4) is 0 Å². The van der Waals surface area contributed by atoms with Crippen LogP contribution >= 0.6 is 0 Å². The summed E-state index contributed by atoms with van der Waals surface area (Å²) in [6.45, 7) is 0. The number of nitrogens with one attached hydrogen (secondary N) is 1. The molecule has 0 saturated carbocycles. The van der Waals surface area contributed by atoms with Crippen LogP contribution in [0.2, 0.25) is 0 Å². The number of benzene rings is 1. The van der Waals surface area contributed by atoms with E-state index >= 15 is 0 Å². The van der Waals surface area contributed by atoms with Crippen molar-refractivity contribution in [3.63, 3.8) is 0 Å². The number of carboxylic acid groups (broad SMARTS) is 1. The van der Waals surface area contributed by atoms with Gasteiger partial charge in [-0.2, -0.15) is 0 Å². The van der Waals surface area contributed by atoms with Gasteiger partial charge < -0.3 is 10.4 Å². The molecule has 2 atom stereocenters. The van der Waals surface area contributed by atoms with Crippen molar-refractivity contribution in [1.29, 1.82) is 0 Å². The van der Waals surface area contributed by atoms with Gasteiger partial charge in [0.1, 0.15) is 0 Å². The topological polar surface area (TPSA) is 66.4 Å². The van der Waals surface area contributed by atoms with Gasteiger partial charge >= 0.3 is 5.97 Å². The first-order valence-corrected chi connectivity index (χ1v) is 6.23. The largest absolute Gasteiger partial charge is 0.481 e. The number of allylic oxidation sites excluding steroid dienone is 2. The second-order valence-corrected chi connectivity index (χ2v) is 4.74. The molecule has 1 aromatic rings. The fourth-order valence-electron chi connectivity index (χ4n) is 2.24. The number of carboxylic acids is 1. The van der Waals surface area contributed by atoms with Crippen LogP contribution in [0.1, 0.15) is 12.8 Å².